The summed E-state index contributed by atoms with van der Waals surface area (Å²) in [5.41, 5.74) is 2.18. The van der Waals surface area contributed by atoms with Crippen molar-refractivity contribution in [1.29, 1.82) is 0 Å². The Morgan fingerprint density at radius 1 is 1.19 bits per heavy atom. The summed E-state index contributed by atoms with van der Waals surface area (Å²) in [7, 11) is 1.67. The summed E-state index contributed by atoms with van der Waals surface area (Å²) in [5, 5.41) is 1.04. The number of fused-ring (bicyclic) bond motifs is 1. The van der Waals surface area contributed by atoms with Crippen LogP contribution in [0.4, 0.5) is 5.13 Å². The lowest BCUT2D eigenvalue weighted by Gasteiger charge is -2.23. The van der Waals surface area contributed by atoms with E-state index in [9.17, 15) is 0 Å². The van der Waals surface area contributed by atoms with Crippen molar-refractivity contribution < 1.29 is 14.2 Å². The zero-order valence-electron chi connectivity index (χ0n) is 14.8. The van der Waals surface area contributed by atoms with Gasteiger partial charge in [-0.15, -0.1) is 0 Å². The summed E-state index contributed by atoms with van der Waals surface area (Å²) in [4.78, 5) is 7.04. The van der Waals surface area contributed by atoms with E-state index in [2.05, 4.69) is 23.1 Å². The second-order valence-corrected chi connectivity index (χ2v) is 7.28. The van der Waals surface area contributed by atoms with Crippen LogP contribution in [0, 0.1) is 0 Å². The first-order valence-electron chi connectivity index (χ1n) is 8.74. The van der Waals surface area contributed by atoms with Gasteiger partial charge in [-0.2, -0.15) is 0 Å². The normalized spacial score (nSPS) is 18.0. The molecule has 26 heavy (non-hydrogen) atoms. The van der Waals surface area contributed by atoms with E-state index in [1.54, 1.807) is 18.4 Å². The molecule has 136 valence electrons. The number of aromatic nitrogens is 1. The smallest absolute Gasteiger partial charge is 0.186 e. The topological polar surface area (TPSA) is 43.8 Å². The number of thiazole rings is 1. The first-order valence-corrected chi connectivity index (χ1v) is 9.56. The molecule has 1 aliphatic rings. The number of rotatable bonds is 5. The molecule has 2 aromatic carbocycles. The molecule has 1 aliphatic heterocycles. The SMILES string of the molecule is COc1ccc(CO[C@H]2COCCN(c3nc4ccccc4s3)C2)cc1. The van der Waals surface area contributed by atoms with Gasteiger partial charge >= 0.3 is 0 Å². The van der Waals surface area contributed by atoms with Crippen molar-refractivity contribution in [1.82, 2.24) is 4.98 Å². The number of para-hydroxylation sites is 1. The van der Waals surface area contributed by atoms with E-state index in [4.69, 9.17) is 19.2 Å². The zero-order chi connectivity index (χ0) is 17.8. The molecule has 6 heteroatoms. The van der Waals surface area contributed by atoms with Crippen LogP contribution in [0.2, 0.25) is 0 Å². The van der Waals surface area contributed by atoms with Crippen molar-refractivity contribution in [2.75, 3.05) is 38.3 Å². The van der Waals surface area contributed by atoms with Crippen LogP contribution < -0.4 is 9.64 Å². The summed E-state index contributed by atoms with van der Waals surface area (Å²) in [5.74, 6) is 0.855. The standard InChI is InChI=1S/C20H22N2O3S/c1-23-16-8-6-15(7-9-16)13-25-17-12-22(10-11-24-14-17)20-21-18-4-2-3-5-19(18)26-20/h2-9,17H,10-14H2,1H3/t17-/m1/s1. The fourth-order valence-electron chi connectivity index (χ4n) is 2.99. The fraction of sp³-hybridized carbons (Fsp3) is 0.350. The molecule has 3 aromatic rings. The molecule has 0 N–H and O–H groups in total. The van der Waals surface area contributed by atoms with Crippen LogP contribution in [0.5, 0.6) is 5.75 Å². The van der Waals surface area contributed by atoms with Gasteiger partial charge in [0.25, 0.3) is 0 Å². The number of methoxy groups -OCH3 is 1. The predicted molar refractivity (Wildman–Crippen MR) is 104 cm³/mol. The molecule has 1 fully saturated rings. The third kappa shape index (κ3) is 3.98. The van der Waals surface area contributed by atoms with E-state index in [1.807, 2.05) is 30.3 Å². The van der Waals surface area contributed by atoms with E-state index < -0.39 is 0 Å². The molecule has 5 nitrogen and oxygen atoms in total. The van der Waals surface area contributed by atoms with E-state index >= 15 is 0 Å². The predicted octanol–water partition coefficient (Wildman–Crippen LogP) is 3.73. The van der Waals surface area contributed by atoms with E-state index in [0.29, 0.717) is 19.8 Å². The largest absolute Gasteiger partial charge is 0.497 e. The molecule has 2 heterocycles. The second kappa shape index (κ2) is 8.03. The van der Waals surface area contributed by atoms with Crippen molar-refractivity contribution in [3.05, 3.63) is 54.1 Å². The van der Waals surface area contributed by atoms with Gasteiger partial charge in [-0.1, -0.05) is 35.6 Å². The van der Waals surface area contributed by atoms with Crippen molar-refractivity contribution in [2.24, 2.45) is 0 Å². The molecule has 0 aliphatic carbocycles. The summed E-state index contributed by atoms with van der Waals surface area (Å²) < 4.78 is 18.3. The van der Waals surface area contributed by atoms with Gasteiger partial charge < -0.3 is 19.1 Å². The van der Waals surface area contributed by atoms with Gasteiger partial charge in [0.05, 0.1) is 43.3 Å². The Hall–Kier alpha value is -2.15. The van der Waals surface area contributed by atoms with Crippen molar-refractivity contribution in [2.45, 2.75) is 12.7 Å². The molecule has 1 atom stereocenters. The molecular formula is C20H22N2O3S. The Balaban J connectivity index is 1.41. The molecule has 0 radical (unpaired) electrons. The Labute approximate surface area is 157 Å². The number of ether oxygens (including phenoxy) is 3. The van der Waals surface area contributed by atoms with Gasteiger partial charge in [0, 0.05) is 13.1 Å². The highest BCUT2D eigenvalue weighted by molar-refractivity contribution is 7.22. The van der Waals surface area contributed by atoms with Crippen molar-refractivity contribution >= 4 is 26.7 Å². The van der Waals surface area contributed by atoms with Gasteiger partial charge in [-0.25, -0.2) is 4.98 Å². The molecule has 0 bridgehead atoms. The van der Waals surface area contributed by atoms with Crippen molar-refractivity contribution in [3.63, 3.8) is 0 Å². The average Bonchev–Trinajstić information content (AvgIpc) is 2.98. The van der Waals surface area contributed by atoms with Crippen LogP contribution in [-0.2, 0) is 16.1 Å². The maximum atomic E-state index is 6.12. The van der Waals surface area contributed by atoms with Crippen LogP contribution in [0.25, 0.3) is 10.2 Å². The van der Waals surface area contributed by atoms with Crippen molar-refractivity contribution in [3.8, 4) is 5.75 Å². The lowest BCUT2D eigenvalue weighted by Crippen LogP contribution is -2.34. The average molecular weight is 370 g/mol. The number of hydrogen-bond acceptors (Lipinski definition) is 6. The minimum atomic E-state index is 0.0200. The van der Waals surface area contributed by atoms with E-state index in [0.717, 1.165) is 35.1 Å². The Kier molecular flexibility index (Phi) is 5.34. The Morgan fingerprint density at radius 3 is 2.85 bits per heavy atom. The van der Waals surface area contributed by atoms with Crippen LogP contribution in [0.1, 0.15) is 5.56 Å². The molecule has 0 unspecified atom stereocenters. The first kappa shape index (κ1) is 17.3. The molecule has 1 aromatic heterocycles. The van der Waals surface area contributed by atoms with Crippen LogP contribution >= 0.6 is 11.3 Å². The minimum absolute atomic E-state index is 0.0200. The molecule has 0 spiro atoms. The first-order chi connectivity index (χ1) is 12.8. The molecule has 4 rings (SSSR count). The van der Waals surface area contributed by atoms with Crippen LogP contribution in [0.15, 0.2) is 48.5 Å². The van der Waals surface area contributed by atoms with E-state index in [1.165, 1.54) is 4.70 Å². The third-order valence-corrected chi connectivity index (χ3v) is 5.53. The molecule has 0 amide bonds. The highest BCUT2D eigenvalue weighted by Crippen LogP contribution is 2.29. The lowest BCUT2D eigenvalue weighted by atomic mass is 10.2. The lowest BCUT2D eigenvalue weighted by molar-refractivity contribution is -0.00796. The van der Waals surface area contributed by atoms with Gasteiger partial charge in [0.2, 0.25) is 0 Å². The maximum absolute atomic E-state index is 6.12. The number of benzene rings is 2. The highest BCUT2D eigenvalue weighted by atomic mass is 32.1. The minimum Gasteiger partial charge on any atom is -0.497 e. The van der Waals surface area contributed by atoms with Gasteiger partial charge in [0.15, 0.2) is 5.13 Å². The highest BCUT2D eigenvalue weighted by Gasteiger charge is 2.22. The number of hydrogen-bond donors (Lipinski definition) is 0. The maximum Gasteiger partial charge on any atom is 0.186 e. The monoisotopic (exact) mass is 370 g/mol. The number of anilines is 1. The molecular weight excluding hydrogens is 348 g/mol. The fourth-order valence-corrected chi connectivity index (χ4v) is 3.99. The zero-order valence-corrected chi connectivity index (χ0v) is 15.6. The van der Waals surface area contributed by atoms with Gasteiger partial charge in [0.1, 0.15) is 5.75 Å². The van der Waals surface area contributed by atoms with Gasteiger partial charge in [-0.3, -0.25) is 0 Å². The number of nitrogens with zero attached hydrogens (tertiary/aromatic N) is 2. The summed E-state index contributed by atoms with van der Waals surface area (Å²) in [6.45, 7) is 3.49. The molecule has 1 saturated heterocycles. The van der Waals surface area contributed by atoms with Crippen LogP contribution in [-0.4, -0.2) is 44.5 Å². The summed E-state index contributed by atoms with van der Waals surface area (Å²) in [6, 6.07) is 16.2. The summed E-state index contributed by atoms with van der Waals surface area (Å²) in [6.07, 6.45) is 0.0200. The van der Waals surface area contributed by atoms with Crippen LogP contribution in [0.3, 0.4) is 0 Å². The quantitative estimate of drug-likeness (QED) is 0.685. The Morgan fingerprint density at radius 2 is 2.04 bits per heavy atom. The third-order valence-electron chi connectivity index (χ3n) is 4.43. The summed E-state index contributed by atoms with van der Waals surface area (Å²) >= 11 is 1.72. The molecule has 0 saturated carbocycles. The van der Waals surface area contributed by atoms with E-state index in [-0.39, 0.29) is 6.10 Å². The van der Waals surface area contributed by atoms with Gasteiger partial charge in [-0.05, 0) is 29.8 Å². The Bertz CT molecular complexity index is 817. The second-order valence-electron chi connectivity index (χ2n) is 6.27.